The van der Waals surface area contributed by atoms with Crippen LogP contribution in [-0.2, 0) is 14.9 Å². The lowest BCUT2D eigenvalue weighted by molar-refractivity contribution is 0.0269. The Morgan fingerprint density at radius 3 is 2.82 bits per heavy atom. The minimum atomic E-state index is -3.55. The van der Waals surface area contributed by atoms with Gasteiger partial charge in [0.15, 0.2) is 5.82 Å². The Morgan fingerprint density at radius 2 is 2.18 bits per heavy atom. The summed E-state index contributed by atoms with van der Waals surface area (Å²) in [4.78, 5) is 8.67. The summed E-state index contributed by atoms with van der Waals surface area (Å²) >= 11 is 0. The highest BCUT2D eigenvalue weighted by Crippen LogP contribution is 2.26. The van der Waals surface area contributed by atoms with Crippen molar-refractivity contribution in [3.8, 4) is 0 Å². The summed E-state index contributed by atoms with van der Waals surface area (Å²) in [6, 6.07) is 1.47. The van der Waals surface area contributed by atoms with E-state index in [1.165, 1.54) is 22.7 Å². The van der Waals surface area contributed by atoms with Crippen LogP contribution >= 0.6 is 0 Å². The fraction of sp³-hybridized carbons (Fsp3) is 0.692. The predicted molar refractivity (Wildman–Crippen MR) is 83.7 cm³/mol. The number of hydrogen-bond acceptors (Lipinski definition) is 6. The van der Waals surface area contributed by atoms with Gasteiger partial charge in [0.05, 0.1) is 13.2 Å². The van der Waals surface area contributed by atoms with Crippen LogP contribution in [0.3, 0.4) is 0 Å². The zero-order valence-corrected chi connectivity index (χ0v) is 14.2. The average molecular weight is 329 g/mol. The molecule has 0 aliphatic carbocycles. The van der Waals surface area contributed by atoms with Crippen LogP contribution in [0, 0.1) is 0 Å². The Morgan fingerprint density at radius 1 is 1.45 bits per heavy atom. The fourth-order valence-electron chi connectivity index (χ4n) is 2.19. The van der Waals surface area contributed by atoms with Crippen molar-refractivity contribution in [2.75, 3.05) is 39.2 Å². The number of nitrogens with one attached hydrogen (secondary N) is 1. The highest BCUT2D eigenvalue weighted by Gasteiger charge is 2.37. The van der Waals surface area contributed by atoms with Crippen molar-refractivity contribution in [1.29, 1.82) is 0 Å². The Hall–Kier alpha value is -1.29. The molecule has 0 bridgehead atoms. The van der Waals surface area contributed by atoms with E-state index in [1.54, 1.807) is 12.3 Å². The van der Waals surface area contributed by atoms with Crippen molar-refractivity contribution in [3.63, 3.8) is 0 Å². The Kier molecular flexibility index (Phi) is 5.32. The smallest absolute Gasteiger partial charge is 0.282 e. The van der Waals surface area contributed by atoms with Crippen LogP contribution in [0.1, 0.15) is 25.7 Å². The van der Waals surface area contributed by atoms with Gasteiger partial charge in [-0.3, -0.25) is 0 Å². The van der Waals surface area contributed by atoms with E-state index in [0.717, 1.165) is 0 Å². The first-order chi connectivity index (χ1) is 10.3. The zero-order chi connectivity index (χ0) is 16.3. The van der Waals surface area contributed by atoms with Gasteiger partial charge in [0.25, 0.3) is 10.2 Å². The molecular formula is C13H23N5O3S. The molecule has 22 heavy (non-hydrogen) atoms. The van der Waals surface area contributed by atoms with Gasteiger partial charge in [0.2, 0.25) is 0 Å². The predicted octanol–water partition coefficient (Wildman–Crippen LogP) is 0.477. The fourth-order valence-corrected chi connectivity index (χ4v) is 3.39. The van der Waals surface area contributed by atoms with E-state index in [-0.39, 0.29) is 19.2 Å². The molecule has 1 aromatic heterocycles. The molecule has 2 rings (SSSR count). The SMILES string of the molecule is CC(C)Nc1ccnc([C@H]2COCCN2S(=O)(=O)N(C)C)n1. The van der Waals surface area contributed by atoms with E-state index < -0.39 is 16.3 Å². The van der Waals surface area contributed by atoms with Crippen LogP contribution in [-0.4, -0.2) is 66.9 Å². The van der Waals surface area contributed by atoms with E-state index in [2.05, 4.69) is 15.3 Å². The molecule has 2 heterocycles. The van der Waals surface area contributed by atoms with Gasteiger partial charge in [-0.25, -0.2) is 9.97 Å². The van der Waals surface area contributed by atoms with Crippen molar-refractivity contribution in [1.82, 2.24) is 18.6 Å². The second-order valence-corrected chi connectivity index (χ2v) is 7.69. The van der Waals surface area contributed by atoms with E-state index in [9.17, 15) is 8.42 Å². The number of rotatable bonds is 5. The van der Waals surface area contributed by atoms with Crippen LogP contribution in [0.25, 0.3) is 0 Å². The van der Waals surface area contributed by atoms with E-state index in [0.29, 0.717) is 18.2 Å². The molecule has 8 nitrogen and oxygen atoms in total. The molecule has 1 atom stereocenters. The lowest BCUT2D eigenvalue weighted by atomic mass is 10.2. The number of morpholine rings is 1. The van der Waals surface area contributed by atoms with Gasteiger partial charge in [0, 0.05) is 32.9 Å². The van der Waals surface area contributed by atoms with Gasteiger partial charge >= 0.3 is 0 Å². The molecular weight excluding hydrogens is 306 g/mol. The first-order valence-corrected chi connectivity index (χ1v) is 8.58. The average Bonchev–Trinajstić information content (AvgIpc) is 2.46. The molecule has 1 saturated heterocycles. The minimum Gasteiger partial charge on any atom is -0.378 e. The van der Waals surface area contributed by atoms with E-state index in [1.807, 2.05) is 13.8 Å². The van der Waals surface area contributed by atoms with Crippen molar-refractivity contribution in [2.24, 2.45) is 0 Å². The topological polar surface area (TPSA) is 87.7 Å². The van der Waals surface area contributed by atoms with E-state index >= 15 is 0 Å². The summed E-state index contributed by atoms with van der Waals surface area (Å²) in [5.41, 5.74) is 0. The first kappa shape index (κ1) is 17.1. The summed E-state index contributed by atoms with van der Waals surface area (Å²) in [6.07, 6.45) is 1.63. The third-order valence-electron chi connectivity index (χ3n) is 3.25. The molecule has 1 aliphatic rings. The van der Waals surface area contributed by atoms with E-state index in [4.69, 9.17) is 4.74 Å². The summed E-state index contributed by atoms with van der Waals surface area (Å²) in [5, 5.41) is 3.19. The van der Waals surface area contributed by atoms with Gasteiger partial charge in [0.1, 0.15) is 11.9 Å². The van der Waals surface area contributed by atoms with Gasteiger partial charge in [-0.1, -0.05) is 0 Å². The lowest BCUT2D eigenvalue weighted by Gasteiger charge is -2.35. The number of anilines is 1. The van der Waals surface area contributed by atoms with Gasteiger partial charge < -0.3 is 10.1 Å². The number of aromatic nitrogens is 2. The van der Waals surface area contributed by atoms with Crippen molar-refractivity contribution in [2.45, 2.75) is 25.9 Å². The van der Waals surface area contributed by atoms with Crippen LogP contribution in [0.2, 0.25) is 0 Å². The molecule has 1 N–H and O–H groups in total. The zero-order valence-electron chi connectivity index (χ0n) is 13.4. The van der Waals surface area contributed by atoms with Crippen LogP contribution in [0.4, 0.5) is 5.82 Å². The highest BCUT2D eigenvalue weighted by atomic mass is 32.2. The highest BCUT2D eigenvalue weighted by molar-refractivity contribution is 7.86. The summed E-state index contributed by atoms with van der Waals surface area (Å²) in [6.45, 7) is 4.92. The molecule has 0 amide bonds. The second-order valence-electron chi connectivity index (χ2n) is 5.59. The monoisotopic (exact) mass is 329 g/mol. The molecule has 1 fully saturated rings. The Labute approximate surface area is 131 Å². The molecule has 0 saturated carbocycles. The minimum absolute atomic E-state index is 0.229. The maximum absolute atomic E-state index is 12.5. The first-order valence-electron chi connectivity index (χ1n) is 7.19. The molecule has 0 unspecified atom stereocenters. The molecule has 1 aromatic rings. The van der Waals surface area contributed by atoms with Crippen LogP contribution < -0.4 is 5.32 Å². The Balaban J connectivity index is 2.32. The molecule has 0 aromatic carbocycles. The number of hydrogen-bond donors (Lipinski definition) is 1. The summed E-state index contributed by atoms with van der Waals surface area (Å²) in [5.74, 6) is 1.11. The summed E-state index contributed by atoms with van der Waals surface area (Å²) < 4.78 is 32.9. The lowest BCUT2D eigenvalue weighted by Crippen LogP contribution is -2.48. The third-order valence-corrected chi connectivity index (χ3v) is 5.20. The molecule has 0 spiro atoms. The Bertz CT molecular complexity index is 605. The maximum atomic E-state index is 12.5. The second kappa shape index (κ2) is 6.86. The summed E-state index contributed by atoms with van der Waals surface area (Å²) in [7, 11) is -0.520. The van der Waals surface area contributed by atoms with Crippen LogP contribution in [0.5, 0.6) is 0 Å². The molecule has 1 aliphatic heterocycles. The molecule has 0 radical (unpaired) electrons. The molecule has 124 valence electrons. The third kappa shape index (κ3) is 3.72. The molecule has 9 heteroatoms. The van der Waals surface area contributed by atoms with Crippen molar-refractivity contribution in [3.05, 3.63) is 18.1 Å². The largest absolute Gasteiger partial charge is 0.378 e. The van der Waals surface area contributed by atoms with Crippen LogP contribution in [0.15, 0.2) is 12.3 Å². The van der Waals surface area contributed by atoms with Crippen molar-refractivity contribution >= 4 is 16.0 Å². The number of ether oxygens (including phenoxy) is 1. The number of nitrogens with zero attached hydrogens (tertiary/aromatic N) is 4. The standard InChI is InChI=1S/C13H23N5O3S/c1-10(2)15-12-5-6-14-13(16-12)11-9-21-8-7-18(11)22(19,20)17(3)4/h5-6,10-11H,7-9H2,1-4H3,(H,14,15,16)/t11-/m1/s1. The van der Waals surface area contributed by atoms with Gasteiger partial charge in [-0.15, -0.1) is 0 Å². The van der Waals surface area contributed by atoms with Gasteiger partial charge in [-0.2, -0.15) is 17.0 Å². The quantitative estimate of drug-likeness (QED) is 0.845. The van der Waals surface area contributed by atoms with Gasteiger partial charge in [-0.05, 0) is 19.9 Å². The van der Waals surface area contributed by atoms with Crippen molar-refractivity contribution < 1.29 is 13.2 Å². The normalized spacial score (nSPS) is 20.5. The maximum Gasteiger partial charge on any atom is 0.282 e.